The molecule has 2 heterocycles. The van der Waals surface area contributed by atoms with Crippen LogP contribution in [0.4, 0.5) is 14.5 Å². The lowest BCUT2D eigenvalue weighted by Crippen LogP contribution is -2.39. The molecule has 0 saturated heterocycles. The first-order valence-electron chi connectivity index (χ1n) is 11.7. The number of carbonyl (C=O) groups excluding carboxylic acids is 1. The van der Waals surface area contributed by atoms with Crippen molar-refractivity contribution in [3.63, 3.8) is 0 Å². The Bertz CT molecular complexity index is 1560. The van der Waals surface area contributed by atoms with E-state index in [0.717, 1.165) is 22.6 Å². The van der Waals surface area contributed by atoms with Gasteiger partial charge in [-0.05, 0) is 55.3 Å². The van der Waals surface area contributed by atoms with Gasteiger partial charge < -0.3 is 19.1 Å². The Hall–Kier alpha value is -3.99. The number of alkyl halides is 2. The lowest BCUT2D eigenvalue weighted by Gasteiger charge is -2.25. The Balaban J connectivity index is 1.87. The third kappa shape index (κ3) is 5.33. The van der Waals surface area contributed by atoms with Crippen LogP contribution in [0, 0.1) is 0 Å². The first-order chi connectivity index (χ1) is 18.1. The molecule has 200 valence electrons. The average molecular weight is 544 g/mol. The van der Waals surface area contributed by atoms with Crippen LogP contribution in [0.15, 0.2) is 63.5 Å². The number of ether oxygens (including phenoxy) is 3. The number of methoxy groups -OCH3 is 1. The Morgan fingerprint density at radius 1 is 1.18 bits per heavy atom. The molecule has 4 rings (SSSR count). The van der Waals surface area contributed by atoms with E-state index in [2.05, 4.69) is 9.73 Å². The third-order valence-corrected chi connectivity index (χ3v) is 6.93. The van der Waals surface area contributed by atoms with Crippen molar-refractivity contribution >= 4 is 29.1 Å². The van der Waals surface area contributed by atoms with Crippen molar-refractivity contribution in [2.75, 3.05) is 32.7 Å². The fourth-order valence-electron chi connectivity index (χ4n) is 4.18. The second kappa shape index (κ2) is 11.2. The summed E-state index contributed by atoms with van der Waals surface area (Å²) >= 11 is 1.16. The molecule has 2 aromatic carbocycles. The molecule has 0 bridgehead atoms. The van der Waals surface area contributed by atoms with Crippen molar-refractivity contribution in [1.82, 2.24) is 4.57 Å². The Kier molecular flexibility index (Phi) is 7.96. The Morgan fingerprint density at radius 3 is 2.50 bits per heavy atom. The summed E-state index contributed by atoms with van der Waals surface area (Å²) in [7, 11) is 5.19. The first-order valence-corrected chi connectivity index (χ1v) is 12.6. The number of halogens is 2. The van der Waals surface area contributed by atoms with Crippen molar-refractivity contribution in [3.8, 4) is 11.5 Å². The molecule has 0 unspecified atom stereocenters. The maximum absolute atomic E-state index is 13.7. The average Bonchev–Trinajstić information content (AvgIpc) is 3.18. The second-order valence-corrected chi connectivity index (χ2v) is 9.59. The largest absolute Gasteiger partial charge is 0.493 e. The molecule has 38 heavy (non-hydrogen) atoms. The van der Waals surface area contributed by atoms with Gasteiger partial charge in [0, 0.05) is 19.8 Å². The van der Waals surface area contributed by atoms with Crippen LogP contribution in [0.5, 0.6) is 11.5 Å². The number of rotatable bonds is 8. The highest BCUT2D eigenvalue weighted by Gasteiger charge is 2.33. The molecular formula is C27H27F2N3O5S. The van der Waals surface area contributed by atoms with E-state index in [1.807, 2.05) is 43.3 Å². The van der Waals surface area contributed by atoms with Crippen LogP contribution >= 0.6 is 11.3 Å². The quantitative estimate of drug-likeness (QED) is 0.405. The fourth-order valence-corrected chi connectivity index (χ4v) is 5.23. The second-order valence-electron chi connectivity index (χ2n) is 8.58. The van der Waals surface area contributed by atoms with Gasteiger partial charge in [0.15, 0.2) is 16.3 Å². The summed E-state index contributed by atoms with van der Waals surface area (Å²) in [5.41, 5.74) is 2.65. The fraction of sp³-hybridized carbons (Fsp3) is 0.296. The Labute approximate surface area is 221 Å². The molecule has 0 radical (unpaired) electrons. The number of esters is 1. The normalized spacial score (nSPS) is 15.3. The van der Waals surface area contributed by atoms with E-state index in [4.69, 9.17) is 9.47 Å². The topological polar surface area (TPSA) is 82.4 Å². The standard InChI is InChI=1S/C27H27F2N3O5S/c1-6-36-25(34)22-15(2)30-27-32(23(22)17-8-10-18(11-9-17)31(3)4)24(33)21(38-27)14-16-7-12-19(37-26(28)29)20(13-16)35-5/h7-14,23,26H,6H2,1-5H3/b21-14+/t23-/m1/s1. The Morgan fingerprint density at radius 2 is 1.89 bits per heavy atom. The summed E-state index contributed by atoms with van der Waals surface area (Å²) in [6.07, 6.45) is 1.62. The summed E-state index contributed by atoms with van der Waals surface area (Å²) in [4.78, 5) is 33.7. The number of anilines is 1. The number of allylic oxidation sites excluding steroid dienone is 1. The summed E-state index contributed by atoms with van der Waals surface area (Å²) in [5, 5.41) is 0. The van der Waals surface area contributed by atoms with E-state index in [1.54, 1.807) is 26.0 Å². The van der Waals surface area contributed by atoms with Gasteiger partial charge in [-0.25, -0.2) is 9.79 Å². The van der Waals surface area contributed by atoms with Crippen LogP contribution in [0.25, 0.3) is 6.08 Å². The van der Waals surface area contributed by atoms with E-state index in [-0.39, 0.29) is 23.7 Å². The highest BCUT2D eigenvalue weighted by atomic mass is 32.1. The molecule has 0 saturated carbocycles. The number of thiazole rings is 1. The number of hydrogen-bond acceptors (Lipinski definition) is 8. The minimum atomic E-state index is -3.00. The van der Waals surface area contributed by atoms with Crippen LogP contribution in [0.1, 0.15) is 31.0 Å². The van der Waals surface area contributed by atoms with Crippen LogP contribution in [-0.4, -0.2) is 45.0 Å². The van der Waals surface area contributed by atoms with Crippen LogP contribution in [0.3, 0.4) is 0 Å². The van der Waals surface area contributed by atoms with Crippen molar-refractivity contribution in [3.05, 3.63) is 84.5 Å². The lowest BCUT2D eigenvalue weighted by atomic mass is 9.95. The summed E-state index contributed by atoms with van der Waals surface area (Å²) < 4.78 is 42.2. The summed E-state index contributed by atoms with van der Waals surface area (Å²) in [6.45, 7) is 0.619. The monoisotopic (exact) mass is 543 g/mol. The molecule has 0 fully saturated rings. The first kappa shape index (κ1) is 27.1. The van der Waals surface area contributed by atoms with Gasteiger partial charge in [0.05, 0.1) is 35.6 Å². The minimum Gasteiger partial charge on any atom is -0.493 e. The molecule has 0 amide bonds. The smallest absolute Gasteiger partial charge is 0.387 e. The van der Waals surface area contributed by atoms with E-state index in [1.165, 1.54) is 23.8 Å². The van der Waals surface area contributed by atoms with Crippen LogP contribution in [0.2, 0.25) is 0 Å². The predicted molar refractivity (Wildman–Crippen MR) is 141 cm³/mol. The maximum atomic E-state index is 13.7. The van der Waals surface area contributed by atoms with Gasteiger partial charge in [0.2, 0.25) is 0 Å². The number of nitrogens with zero attached hydrogens (tertiary/aromatic N) is 3. The van der Waals surface area contributed by atoms with E-state index in [0.29, 0.717) is 26.2 Å². The third-order valence-electron chi connectivity index (χ3n) is 5.94. The van der Waals surface area contributed by atoms with Gasteiger partial charge in [-0.15, -0.1) is 0 Å². The zero-order chi connectivity index (χ0) is 27.6. The van der Waals surface area contributed by atoms with E-state index in [9.17, 15) is 18.4 Å². The van der Waals surface area contributed by atoms with Gasteiger partial charge in [0.1, 0.15) is 0 Å². The van der Waals surface area contributed by atoms with Gasteiger partial charge in [-0.1, -0.05) is 29.5 Å². The molecule has 1 aromatic heterocycles. The molecular weight excluding hydrogens is 516 g/mol. The molecule has 11 heteroatoms. The minimum absolute atomic E-state index is 0.103. The number of hydrogen-bond donors (Lipinski definition) is 0. The number of fused-ring (bicyclic) bond motifs is 1. The molecule has 1 aliphatic rings. The zero-order valence-electron chi connectivity index (χ0n) is 21.5. The number of aromatic nitrogens is 1. The van der Waals surface area contributed by atoms with Crippen LogP contribution < -0.4 is 29.3 Å². The molecule has 0 aliphatic carbocycles. The number of carbonyl (C=O) groups is 1. The molecule has 1 aliphatic heterocycles. The zero-order valence-corrected chi connectivity index (χ0v) is 22.3. The van der Waals surface area contributed by atoms with Gasteiger partial charge >= 0.3 is 12.6 Å². The number of benzene rings is 2. The van der Waals surface area contributed by atoms with Crippen molar-refractivity contribution in [2.24, 2.45) is 4.99 Å². The van der Waals surface area contributed by atoms with E-state index >= 15 is 0 Å². The highest BCUT2D eigenvalue weighted by Crippen LogP contribution is 2.32. The van der Waals surface area contributed by atoms with Crippen molar-refractivity contribution < 1.29 is 27.8 Å². The van der Waals surface area contributed by atoms with Crippen molar-refractivity contribution in [1.29, 1.82) is 0 Å². The molecule has 0 N–H and O–H groups in total. The molecule has 1 atom stereocenters. The summed E-state index contributed by atoms with van der Waals surface area (Å²) in [5.74, 6) is -0.549. The molecule has 8 nitrogen and oxygen atoms in total. The SMILES string of the molecule is CCOC(=O)C1=C(C)N=c2s/c(=C/c3ccc(OC(F)F)c(OC)c3)c(=O)n2[C@@H]1c1ccc(N(C)C)cc1. The highest BCUT2D eigenvalue weighted by molar-refractivity contribution is 7.07. The lowest BCUT2D eigenvalue weighted by molar-refractivity contribution is -0.139. The van der Waals surface area contributed by atoms with Gasteiger partial charge in [-0.2, -0.15) is 8.78 Å². The van der Waals surface area contributed by atoms with Crippen molar-refractivity contribution in [2.45, 2.75) is 26.5 Å². The molecule has 3 aromatic rings. The maximum Gasteiger partial charge on any atom is 0.387 e. The molecule has 0 spiro atoms. The van der Waals surface area contributed by atoms with Crippen LogP contribution in [-0.2, 0) is 9.53 Å². The van der Waals surface area contributed by atoms with Gasteiger partial charge in [0.25, 0.3) is 5.56 Å². The summed E-state index contributed by atoms with van der Waals surface area (Å²) in [6, 6.07) is 11.3. The van der Waals surface area contributed by atoms with E-state index < -0.39 is 18.6 Å². The predicted octanol–water partition coefficient (Wildman–Crippen LogP) is 3.47. The van der Waals surface area contributed by atoms with Gasteiger partial charge in [-0.3, -0.25) is 9.36 Å².